The Morgan fingerprint density at radius 1 is 0.767 bits per heavy atom. The number of methoxy groups -OCH3 is 2. The molecule has 13 nitrogen and oxygen atoms in total. The molecule has 2 atom stereocenters. The summed E-state index contributed by atoms with van der Waals surface area (Å²) in [6, 6.07) is 0. The highest BCUT2D eigenvalue weighted by atomic mass is 16.6. The van der Waals surface area contributed by atoms with E-state index in [1.807, 2.05) is 0 Å². The molecule has 0 rings (SSSR count). The zero-order valence-electron chi connectivity index (χ0n) is 17.2. The van der Waals surface area contributed by atoms with Gasteiger partial charge in [-0.05, 0) is 13.8 Å². The van der Waals surface area contributed by atoms with Gasteiger partial charge in [-0.2, -0.15) is 0 Å². The lowest BCUT2D eigenvalue weighted by Crippen LogP contribution is -2.18. The molecule has 0 radical (unpaired) electrons. The van der Waals surface area contributed by atoms with E-state index in [0.29, 0.717) is 11.1 Å². The van der Waals surface area contributed by atoms with Crippen molar-refractivity contribution in [3.05, 3.63) is 23.7 Å². The predicted octanol–water partition coefficient (Wildman–Crippen LogP) is -0.912. The summed E-state index contributed by atoms with van der Waals surface area (Å²) >= 11 is 0. The van der Waals surface area contributed by atoms with Gasteiger partial charge in [0.2, 0.25) is 0 Å². The van der Waals surface area contributed by atoms with E-state index in [1.165, 1.54) is 40.6 Å². The van der Waals surface area contributed by atoms with E-state index >= 15 is 0 Å². The van der Waals surface area contributed by atoms with Gasteiger partial charge in [-0.15, -0.1) is 0 Å². The lowest BCUT2D eigenvalue weighted by molar-refractivity contribution is -0.137. The Hall–Kier alpha value is -2.87. The summed E-state index contributed by atoms with van der Waals surface area (Å²) in [5.74, 6) is -0.975. The number of carboxylic acid groups (broad SMARTS) is 2. The number of aliphatic hydroxyl groups is 4. The minimum atomic E-state index is -1.83. The van der Waals surface area contributed by atoms with Gasteiger partial charge in [0.1, 0.15) is 25.4 Å². The molecule has 0 aliphatic rings. The molecule has 0 aliphatic carbocycles. The molecular formula is C17H30O13. The molecule has 176 valence electrons. The van der Waals surface area contributed by atoms with Crippen LogP contribution in [0.15, 0.2) is 23.7 Å². The van der Waals surface area contributed by atoms with E-state index < -0.39 is 30.3 Å². The first kappa shape index (κ1) is 31.8. The second-order valence-corrected chi connectivity index (χ2v) is 5.21. The molecule has 0 amide bonds. The second-order valence-electron chi connectivity index (χ2n) is 5.21. The van der Waals surface area contributed by atoms with Gasteiger partial charge >= 0.3 is 18.1 Å². The van der Waals surface area contributed by atoms with Crippen molar-refractivity contribution in [1.82, 2.24) is 0 Å². The van der Waals surface area contributed by atoms with E-state index in [0.717, 1.165) is 0 Å². The molecule has 0 aromatic carbocycles. The number of esters is 2. The summed E-state index contributed by atoms with van der Waals surface area (Å²) in [6.07, 6.45) is -1.32. The maximum absolute atomic E-state index is 10.8. The third kappa shape index (κ3) is 23.2. The molecule has 0 aromatic heterocycles. The van der Waals surface area contributed by atoms with Gasteiger partial charge < -0.3 is 49.6 Å². The standard InChI is InChI=1S/2C8H14O5.CH2O3/c2*1-6(8(11)12-2)4-13-5-7(10)3-9;2-1(3)4/h2*4,7,9-10H,3,5H2,1-2H3;(H2,2,3,4). The molecule has 6 N–H and O–H groups in total. The highest BCUT2D eigenvalue weighted by molar-refractivity contribution is 5.87. The molecule has 0 saturated heterocycles. The maximum Gasteiger partial charge on any atom is 0.503 e. The molecule has 0 aromatic rings. The molecule has 0 spiro atoms. The van der Waals surface area contributed by atoms with Crippen molar-refractivity contribution in [2.75, 3.05) is 40.6 Å². The summed E-state index contributed by atoms with van der Waals surface area (Å²) in [6.45, 7) is 2.21. The van der Waals surface area contributed by atoms with E-state index in [2.05, 4.69) is 9.47 Å². The Bertz CT molecular complexity index is 496. The van der Waals surface area contributed by atoms with Gasteiger partial charge in [0.15, 0.2) is 0 Å². The van der Waals surface area contributed by atoms with Gasteiger partial charge in [-0.1, -0.05) is 0 Å². The highest BCUT2D eigenvalue weighted by Crippen LogP contribution is 1.97. The molecular weight excluding hydrogens is 412 g/mol. The zero-order valence-corrected chi connectivity index (χ0v) is 17.2. The fourth-order valence-corrected chi connectivity index (χ4v) is 1.09. The van der Waals surface area contributed by atoms with E-state index in [4.69, 9.17) is 44.9 Å². The Balaban J connectivity index is -0.000000412. The van der Waals surface area contributed by atoms with Crippen molar-refractivity contribution in [2.24, 2.45) is 0 Å². The molecule has 13 heteroatoms. The zero-order chi connectivity index (χ0) is 24.1. The lowest BCUT2D eigenvalue weighted by atomic mass is 10.3. The monoisotopic (exact) mass is 442 g/mol. The van der Waals surface area contributed by atoms with Gasteiger partial charge in [0.05, 0.1) is 51.1 Å². The van der Waals surface area contributed by atoms with Gasteiger partial charge in [0, 0.05) is 0 Å². The summed E-state index contributed by atoms with van der Waals surface area (Å²) in [4.78, 5) is 30.1. The average Bonchev–Trinajstić information content (AvgIpc) is 2.71. The van der Waals surface area contributed by atoms with Crippen molar-refractivity contribution in [3.63, 3.8) is 0 Å². The fourth-order valence-electron chi connectivity index (χ4n) is 1.09. The first-order valence-electron chi connectivity index (χ1n) is 8.19. The van der Waals surface area contributed by atoms with Crippen LogP contribution < -0.4 is 0 Å². The molecule has 0 aliphatic heterocycles. The Labute approximate surface area is 173 Å². The third-order valence-electron chi connectivity index (χ3n) is 2.53. The summed E-state index contributed by atoms with van der Waals surface area (Å²) in [7, 11) is 2.53. The van der Waals surface area contributed by atoms with Gasteiger partial charge in [-0.3, -0.25) is 0 Å². The topological polar surface area (TPSA) is 210 Å². The van der Waals surface area contributed by atoms with Crippen molar-refractivity contribution in [1.29, 1.82) is 0 Å². The quantitative estimate of drug-likeness (QED) is 0.138. The number of rotatable bonds is 10. The number of ether oxygens (including phenoxy) is 4. The van der Waals surface area contributed by atoms with Crippen LogP contribution in [0.4, 0.5) is 4.79 Å². The van der Waals surface area contributed by atoms with Crippen LogP contribution in [-0.2, 0) is 28.5 Å². The van der Waals surface area contributed by atoms with Crippen LogP contribution in [-0.4, -0.2) is 102 Å². The first-order chi connectivity index (χ1) is 14.0. The SMILES string of the molecule is COC(=O)C(C)=COCC(O)CO.COC(=O)C(C)=COCC(O)CO.O=C(O)O. The smallest absolute Gasteiger partial charge is 0.498 e. The van der Waals surface area contributed by atoms with Crippen LogP contribution in [0.2, 0.25) is 0 Å². The fraction of sp³-hybridized carbons (Fsp3) is 0.588. The van der Waals surface area contributed by atoms with E-state index in [1.54, 1.807) is 0 Å². The summed E-state index contributed by atoms with van der Waals surface area (Å²) in [5.41, 5.74) is 0.597. The maximum atomic E-state index is 10.8. The van der Waals surface area contributed by atoms with Crippen LogP contribution in [0.5, 0.6) is 0 Å². The molecule has 0 fully saturated rings. The normalized spacial score (nSPS) is 12.7. The molecule has 30 heavy (non-hydrogen) atoms. The second kappa shape index (κ2) is 20.9. The molecule has 0 heterocycles. The number of carbonyl (C=O) groups is 3. The van der Waals surface area contributed by atoms with Crippen molar-refractivity contribution in [3.8, 4) is 0 Å². The third-order valence-corrected chi connectivity index (χ3v) is 2.53. The van der Waals surface area contributed by atoms with Crippen molar-refractivity contribution < 1.29 is 64.0 Å². The number of aliphatic hydroxyl groups excluding tert-OH is 4. The molecule has 0 saturated carbocycles. The molecule has 2 unspecified atom stereocenters. The molecule has 0 bridgehead atoms. The number of hydrogen-bond acceptors (Lipinski definition) is 11. The predicted molar refractivity (Wildman–Crippen MR) is 100 cm³/mol. The van der Waals surface area contributed by atoms with Crippen LogP contribution in [0.3, 0.4) is 0 Å². The van der Waals surface area contributed by atoms with Gasteiger partial charge in [-0.25, -0.2) is 14.4 Å². The summed E-state index contributed by atoms with van der Waals surface area (Å²) in [5, 5.41) is 48.5. The average molecular weight is 442 g/mol. The Morgan fingerprint density at radius 2 is 1.03 bits per heavy atom. The Morgan fingerprint density at radius 3 is 1.23 bits per heavy atom. The van der Waals surface area contributed by atoms with Crippen LogP contribution in [0, 0.1) is 0 Å². The minimum Gasteiger partial charge on any atom is -0.498 e. The minimum absolute atomic E-state index is 0.0508. The number of hydrogen-bond donors (Lipinski definition) is 6. The Kier molecular flexibility index (Phi) is 22.1. The van der Waals surface area contributed by atoms with Gasteiger partial charge in [0.25, 0.3) is 0 Å². The van der Waals surface area contributed by atoms with E-state index in [9.17, 15) is 9.59 Å². The lowest BCUT2D eigenvalue weighted by Gasteiger charge is -2.06. The van der Waals surface area contributed by atoms with Crippen molar-refractivity contribution in [2.45, 2.75) is 26.1 Å². The first-order valence-corrected chi connectivity index (χ1v) is 8.19. The van der Waals surface area contributed by atoms with E-state index in [-0.39, 0.29) is 26.4 Å². The largest absolute Gasteiger partial charge is 0.503 e. The number of carbonyl (C=O) groups excluding carboxylic acids is 2. The van der Waals surface area contributed by atoms with Crippen LogP contribution >= 0.6 is 0 Å². The highest BCUT2D eigenvalue weighted by Gasteiger charge is 2.05. The summed E-state index contributed by atoms with van der Waals surface area (Å²) < 4.78 is 18.4. The van der Waals surface area contributed by atoms with Crippen LogP contribution in [0.1, 0.15) is 13.8 Å². The van der Waals surface area contributed by atoms with Crippen LogP contribution in [0.25, 0.3) is 0 Å². The van der Waals surface area contributed by atoms with Crippen molar-refractivity contribution >= 4 is 18.1 Å².